The van der Waals surface area contributed by atoms with Crippen molar-refractivity contribution >= 4 is 6.29 Å². The third-order valence-corrected chi connectivity index (χ3v) is 4.73. The van der Waals surface area contributed by atoms with Crippen molar-refractivity contribution in [2.24, 2.45) is 23.2 Å². The van der Waals surface area contributed by atoms with Gasteiger partial charge in [0.2, 0.25) is 0 Å². The summed E-state index contributed by atoms with van der Waals surface area (Å²) in [5.74, 6) is 1.74. The molecule has 0 aromatic heterocycles. The molecule has 0 aromatic rings. The van der Waals surface area contributed by atoms with Crippen LogP contribution in [0, 0.1) is 23.2 Å². The molecule has 1 fully saturated rings. The highest BCUT2D eigenvalue weighted by atomic mass is 16.1. The summed E-state index contributed by atoms with van der Waals surface area (Å²) in [6.45, 7) is 6.63. The molecule has 0 radical (unpaired) electrons. The average Bonchev–Trinajstić information content (AvgIpc) is 2.28. The van der Waals surface area contributed by atoms with Crippen molar-refractivity contribution in [1.82, 2.24) is 0 Å². The Morgan fingerprint density at radius 2 is 2.38 bits per heavy atom. The normalized spacial score (nSPS) is 39.1. The van der Waals surface area contributed by atoms with E-state index in [0.29, 0.717) is 5.41 Å². The van der Waals surface area contributed by atoms with Gasteiger partial charge < -0.3 is 4.79 Å². The Morgan fingerprint density at radius 1 is 1.62 bits per heavy atom. The molecule has 1 nitrogen and oxygen atoms in total. The molecule has 3 aliphatic rings. The molecule has 1 heteroatoms. The zero-order valence-electron chi connectivity index (χ0n) is 10.6. The van der Waals surface area contributed by atoms with Crippen molar-refractivity contribution in [3.63, 3.8) is 0 Å². The summed E-state index contributed by atoms with van der Waals surface area (Å²) in [5, 5.41) is 0. The van der Waals surface area contributed by atoms with Crippen molar-refractivity contribution in [3.8, 4) is 0 Å². The van der Waals surface area contributed by atoms with Crippen LogP contribution in [0.25, 0.3) is 0 Å². The minimum Gasteiger partial charge on any atom is -0.303 e. The van der Waals surface area contributed by atoms with Crippen molar-refractivity contribution in [3.05, 3.63) is 23.8 Å². The molecule has 1 saturated carbocycles. The summed E-state index contributed by atoms with van der Waals surface area (Å²) >= 11 is 0. The standard InChI is InChI=1S/C15H22O/c1-11(10-16)5-4-8-15(3)13-7-6-12(2)14(15)9-13/h4-6,10-11,13-14H,7-9H2,1-3H3/t11?,13-,14-,15+/m1/s1. The van der Waals surface area contributed by atoms with Crippen molar-refractivity contribution in [2.75, 3.05) is 0 Å². The number of hydrogen-bond acceptors (Lipinski definition) is 1. The van der Waals surface area contributed by atoms with Crippen LogP contribution in [0.2, 0.25) is 0 Å². The Bertz CT molecular complexity index is 339. The summed E-state index contributed by atoms with van der Waals surface area (Å²) in [6.07, 6.45) is 11.5. The lowest BCUT2D eigenvalue weighted by atomic mass is 9.47. The number of rotatable bonds is 4. The Labute approximate surface area is 98.6 Å². The molecular weight excluding hydrogens is 196 g/mol. The van der Waals surface area contributed by atoms with Crippen LogP contribution in [0.3, 0.4) is 0 Å². The van der Waals surface area contributed by atoms with Gasteiger partial charge >= 0.3 is 0 Å². The number of carbonyl (C=O) groups excluding carboxylic acids is 1. The van der Waals surface area contributed by atoms with E-state index in [1.54, 1.807) is 5.57 Å². The molecule has 0 amide bonds. The first-order valence-corrected chi connectivity index (χ1v) is 6.36. The van der Waals surface area contributed by atoms with E-state index in [9.17, 15) is 4.79 Å². The van der Waals surface area contributed by atoms with Gasteiger partial charge in [-0.3, -0.25) is 0 Å². The fourth-order valence-corrected chi connectivity index (χ4v) is 3.38. The first kappa shape index (κ1) is 11.6. The minimum absolute atomic E-state index is 0.0696. The van der Waals surface area contributed by atoms with Crippen LogP contribution >= 0.6 is 0 Å². The third-order valence-electron chi connectivity index (χ3n) is 4.73. The predicted octanol–water partition coefficient (Wildman–Crippen LogP) is 3.76. The van der Waals surface area contributed by atoms with E-state index < -0.39 is 0 Å². The monoisotopic (exact) mass is 218 g/mol. The summed E-state index contributed by atoms with van der Waals surface area (Å²) in [6, 6.07) is 0. The van der Waals surface area contributed by atoms with Crippen molar-refractivity contribution < 1.29 is 4.79 Å². The van der Waals surface area contributed by atoms with E-state index in [-0.39, 0.29) is 5.92 Å². The molecule has 1 unspecified atom stereocenters. The first-order valence-electron chi connectivity index (χ1n) is 6.36. The van der Waals surface area contributed by atoms with Crippen LogP contribution in [0.4, 0.5) is 0 Å². The summed E-state index contributed by atoms with van der Waals surface area (Å²) in [7, 11) is 0. The molecule has 0 aromatic carbocycles. The maximum Gasteiger partial charge on any atom is 0.126 e. The Kier molecular flexibility index (Phi) is 3.05. The molecule has 0 saturated heterocycles. The highest BCUT2D eigenvalue weighted by Crippen LogP contribution is 2.61. The molecule has 2 bridgehead atoms. The van der Waals surface area contributed by atoms with E-state index in [1.165, 1.54) is 12.8 Å². The van der Waals surface area contributed by atoms with Crippen molar-refractivity contribution in [1.29, 1.82) is 0 Å². The van der Waals surface area contributed by atoms with Gasteiger partial charge in [0.1, 0.15) is 6.29 Å². The lowest BCUT2D eigenvalue weighted by Gasteiger charge is -2.57. The van der Waals surface area contributed by atoms with Crippen LogP contribution in [-0.4, -0.2) is 6.29 Å². The summed E-state index contributed by atoms with van der Waals surface area (Å²) in [4.78, 5) is 10.5. The van der Waals surface area contributed by atoms with Crippen LogP contribution in [-0.2, 0) is 4.79 Å². The fraction of sp³-hybridized carbons (Fsp3) is 0.667. The van der Waals surface area contributed by atoms with Gasteiger partial charge in [-0.1, -0.05) is 37.6 Å². The number of hydrogen-bond donors (Lipinski definition) is 0. The summed E-state index contributed by atoms with van der Waals surface area (Å²) < 4.78 is 0. The van der Waals surface area contributed by atoms with Crippen LogP contribution < -0.4 is 0 Å². The lowest BCUT2D eigenvalue weighted by molar-refractivity contribution is -0.109. The third kappa shape index (κ3) is 1.77. The molecule has 16 heavy (non-hydrogen) atoms. The minimum atomic E-state index is 0.0696. The quantitative estimate of drug-likeness (QED) is 0.518. The van der Waals surface area contributed by atoms with Gasteiger partial charge in [-0.05, 0) is 43.4 Å². The molecule has 4 atom stereocenters. The average molecular weight is 218 g/mol. The first-order chi connectivity index (χ1) is 7.58. The van der Waals surface area contributed by atoms with Gasteiger partial charge in [0.05, 0.1) is 0 Å². The highest BCUT2D eigenvalue weighted by Gasteiger charge is 2.52. The zero-order valence-corrected chi connectivity index (χ0v) is 10.6. The largest absolute Gasteiger partial charge is 0.303 e. The molecule has 0 aliphatic heterocycles. The molecule has 0 heterocycles. The molecular formula is C15H22O. The van der Waals surface area contributed by atoms with Crippen LogP contribution in [0.15, 0.2) is 23.8 Å². The van der Waals surface area contributed by atoms with Crippen LogP contribution in [0.5, 0.6) is 0 Å². The maximum atomic E-state index is 10.5. The van der Waals surface area contributed by atoms with Gasteiger partial charge in [-0.15, -0.1) is 0 Å². The molecule has 88 valence electrons. The van der Waals surface area contributed by atoms with Gasteiger partial charge in [0.25, 0.3) is 0 Å². The topological polar surface area (TPSA) is 17.1 Å². The second-order valence-electron chi connectivity index (χ2n) is 5.80. The van der Waals surface area contributed by atoms with Gasteiger partial charge in [-0.2, -0.15) is 0 Å². The van der Waals surface area contributed by atoms with Gasteiger partial charge in [0.15, 0.2) is 0 Å². The molecule has 0 spiro atoms. The maximum absolute atomic E-state index is 10.5. The second-order valence-corrected chi connectivity index (χ2v) is 5.80. The number of carbonyl (C=O) groups is 1. The Morgan fingerprint density at radius 3 is 2.94 bits per heavy atom. The molecule has 3 aliphatic carbocycles. The SMILES string of the molecule is CC1=CC[C@@H]2C[C@H]1[C@@]2(C)CC=CC(C)C=O. The van der Waals surface area contributed by atoms with E-state index in [2.05, 4.69) is 26.0 Å². The highest BCUT2D eigenvalue weighted by molar-refractivity contribution is 5.55. The number of allylic oxidation sites excluding steroid dienone is 4. The van der Waals surface area contributed by atoms with Crippen LogP contribution in [0.1, 0.15) is 40.0 Å². The van der Waals surface area contributed by atoms with Crippen molar-refractivity contribution in [2.45, 2.75) is 40.0 Å². The second kappa shape index (κ2) is 4.20. The smallest absolute Gasteiger partial charge is 0.126 e. The van der Waals surface area contributed by atoms with E-state index in [1.807, 2.05) is 13.0 Å². The van der Waals surface area contributed by atoms with Gasteiger partial charge in [0, 0.05) is 5.92 Å². The van der Waals surface area contributed by atoms with E-state index in [0.717, 1.165) is 24.5 Å². The zero-order chi connectivity index (χ0) is 11.8. The lowest BCUT2D eigenvalue weighted by Crippen LogP contribution is -2.49. The van der Waals surface area contributed by atoms with Gasteiger partial charge in [-0.25, -0.2) is 0 Å². The molecule has 3 rings (SSSR count). The fourth-order valence-electron chi connectivity index (χ4n) is 3.38. The summed E-state index contributed by atoms with van der Waals surface area (Å²) in [5.41, 5.74) is 2.06. The van der Waals surface area contributed by atoms with E-state index >= 15 is 0 Å². The number of aldehydes is 1. The number of fused-ring (bicyclic) bond motifs is 1. The predicted molar refractivity (Wildman–Crippen MR) is 67.1 cm³/mol. The Hall–Kier alpha value is -0.850. The van der Waals surface area contributed by atoms with E-state index in [4.69, 9.17) is 0 Å². The Balaban J connectivity index is 1.98. The molecule has 0 N–H and O–H groups in total.